The summed E-state index contributed by atoms with van der Waals surface area (Å²) in [5.74, 6) is -0.226. The van der Waals surface area contributed by atoms with E-state index in [0.29, 0.717) is 10.9 Å². The van der Waals surface area contributed by atoms with Gasteiger partial charge in [0.1, 0.15) is 23.1 Å². The van der Waals surface area contributed by atoms with Gasteiger partial charge in [-0.15, -0.1) is 0 Å². The van der Waals surface area contributed by atoms with Crippen LogP contribution in [0.25, 0.3) is 10.9 Å². The fourth-order valence-electron chi connectivity index (χ4n) is 2.70. The third-order valence-corrected chi connectivity index (χ3v) is 4.00. The normalized spacial score (nSPS) is 19.8. The lowest BCUT2D eigenvalue weighted by atomic mass is 10.1. The number of nitrogens with zero attached hydrogens (tertiary/aromatic N) is 2. The monoisotopic (exact) mass is 368 g/mol. The molecule has 0 radical (unpaired) electrons. The van der Waals surface area contributed by atoms with Gasteiger partial charge >= 0.3 is 12.1 Å². The summed E-state index contributed by atoms with van der Waals surface area (Å²) >= 11 is 0. The molecule has 0 N–H and O–H groups in total. The highest BCUT2D eigenvalue weighted by Gasteiger charge is 2.36. The minimum absolute atomic E-state index is 0.0281. The molecule has 1 aromatic carbocycles. The summed E-state index contributed by atoms with van der Waals surface area (Å²) in [6.45, 7) is 1.66. The van der Waals surface area contributed by atoms with E-state index in [1.807, 2.05) is 0 Å². The lowest BCUT2D eigenvalue weighted by Crippen LogP contribution is -2.28. The molecule has 2 aromatic rings. The lowest BCUT2D eigenvalue weighted by molar-refractivity contribution is -0.143. The highest BCUT2D eigenvalue weighted by atomic mass is 19.4. The molecule has 1 unspecified atom stereocenters. The number of alkyl halides is 3. The first-order valence-electron chi connectivity index (χ1n) is 7.64. The van der Waals surface area contributed by atoms with Crippen LogP contribution in [0.3, 0.4) is 0 Å². The van der Waals surface area contributed by atoms with E-state index >= 15 is 0 Å². The molecular formula is C17H15F3N2O4. The Labute approximate surface area is 146 Å². The molecular weight excluding hydrogens is 353 g/mol. The molecule has 1 aromatic heterocycles. The molecule has 0 spiro atoms. The first-order chi connectivity index (χ1) is 12.3. The van der Waals surface area contributed by atoms with Crippen LogP contribution in [0.4, 0.5) is 13.2 Å². The van der Waals surface area contributed by atoms with E-state index in [1.54, 1.807) is 13.0 Å². The number of rotatable bonds is 3. The quantitative estimate of drug-likeness (QED) is 0.779. The number of pyridine rings is 1. The SMILES string of the molecule is COC(=O)C1N=C(c2ccc(OC)c3nc(C(F)(F)F)ccc23)O[C@H]1C. The van der Waals surface area contributed by atoms with Crippen LogP contribution in [0.2, 0.25) is 0 Å². The van der Waals surface area contributed by atoms with E-state index in [9.17, 15) is 18.0 Å². The number of benzene rings is 1. The number of carbonyl (C=O) groups excluding carboxylic acids is 1. The Balaban J connectivity index is 2.15. The first kappa shape index (κ1) is 18.0. The van der Waals surface area contributed by atoms with Gasteiger partial charge in [-0.2, -0.15) is 13.2 Å². The van der Waals surface area contributed by atoms with Crippen LogP contribution >= 0.6 is 0 Å². The van der Waals surface area contributed by atoms with E-state index in [4.69, 9.17) is 9.47 Å². The van der Waals surface area contributed by atoms with Gasteiger partial charge in [0.25, 0.3) is 0 Å². The van der Waals surface area contributed by atoms with Crippen molar-refractivity contribution in [2.24, 2.45) is 4.99 Å². The smallest absolute Gasteiger partial charge is 0.433 e. The molecule has 0 saturated carbocycles. The second-order valence-corrected chi connectivity index (χ2v) is 5.63. The summed E-state index contributed by atoms with van der Waals surface area (Å²) in [6.07, 6.45) is -5.14. The maximum absolute atomic E-state index is 13.0. The van der Waals surface area contributed by atoms with Gasteiger partial charge in [0.05, 0.1) is 14.2 Å². The Morgan fingerprint density at radius 1 is 1.19 bits per heavy atom. The molecule has 26 heavy (non-hydrogen) atoms. The van der Waals surface area contributed by atoms with Crippen LogP contribution in [0, 0.1) is 0 Å². The van der Waals surface area contributed by atoms with E-state index in [2.05, 4.69) is 14.7 Å². The molecule has 0 saturated heterocycles. The molecule has 2 heterocycles. The van der Waals surface area contributed by atoms with Gasteiger partial charge in [0.2, 0.25) is 5.90 Å². The van der Waals surface area contributed by atoms with Gasteiger partial charge in [-0.3, -0.25) is 0 Å². The predicted molar refractivity (Wildman–Crippen MR) is 86.2 cm³/mol. The summed E-state index contributed by atoms with van der Waals surface area (Å²) < 4.78 is 54.4. The molecule has 3 rings (SSSR count). The number of esters is 1. The fourth-order valence-corrected chi connectivity index (χ4v) is 2.70. The molecule has 0 fully saturated rings. The van der Waals surface area contributed by atoms with E-state index in [-0.39, 0.29) is 17.2 Å². The molecule has 2 atom stereocenters. The van der Waals surface area contributed by atoms with Crippen LogP contribution in [0.5, 0.6) is 5.75 Å². The van der Waals surface area contributed by atoms with E-state index in [1.165, 1.54) is 26.4 Å². The predicted octanol–water partition coefficient (Wildman–Crippen LogP) is 2.97. The lowest BCUT2D eigenvalue weighted by Gasteiger charge is -2.13. The van der Waals surface area contributed by atoms with Gasteiger partial charge in [0, 0.05) is 10.9 Å². The summed E-state index contributed by atoms with van der Waals surface area (Å²) in [7, 11) is 2.59. The Kier molecular flexibility index (Phi) is 4.47. The zero-order valence-corrected chi connectivity index (χ0v) is 14.1. The first-order valence-corrected chi connectivity index (χ1v) is 7.64. The van der Waals surface area contributed by atoms with Crippen molar-refractivity contribution in [3.63, 3.8) is 0 Å². The van der Waals surface area contributed by atoms with Crippen molar-refractivity contribution in [1.82, 2.24) is 4.98 Å². The summed E-state index contributed by atoms with van der Waals surface area (Å²) in [4.78, 5) is 19.7. The van der Waals surface area contributed by atoms with Crippen molar-refractivity contribution < 1.29 is 32.2 Å². The van der Waals surface area contributed by atoms with E-state index < -0.39 is 30.0 Å². The summed E-state index contributed by atoms with van der Waals surface area (Å²) in [6, 6.07) is 4.40. The molecule has 138 valence electrons. The Morgan fingerprint density at radius 2 is 1.92 bits per heavy atom. The van der Waals surface area contributed by atoms with Gasteiger partial charge < -0.3 is 14.2 Å². The number of aliphatic imine (C=N–C) groups is 1. The number of halogens is 3. The third kappa shape index (κ3) is 3.04. The average molecular weight is 368 g/mol. The standard InChI is InChI=1S/C17H15F3N2O4/c1-8-13(16(23)25-3)22-15(26-8)10-4-6-11(24-2)14-9(10)5-7-12(21-14)17(18,19)20/h4-8,13H,1-3H3/t8-,13?/m0/s1. The number of carbonyl (C=O) groups is 1. The second kappa shape index (κ2) is 6.47. The van der Waals surface area contributed by atoms with Crippen molar-refractivity contribution in [1.29, 1.82) is 0 Å². The van der Waals surface area contributed by atoms with Crippen molar-refractivity contribution in [2.45, 2.75) is 25.2 Å². The molecule has 6 nitrogen and oxygen atoms in total. The highest BCUT2D eigenvalue weighted by Crippen LogP contribution is 2.34. The molecule has 9 heteroatoms. The number of methoxy groups -OCH3 is 2. The van der Waals surface area contributed by atoms with Gasteiger partial charge in [-0.25, -0.2) is 14.8 Å². The molecule has 1 aliphatic heterocycles. The van der Waals surface area contributed by atoms with Crippen LogP contribution in [0.15, 0.2) is 29.3 Å². The Bertz CT molecular complexity index is 895. The minimum atomic E-state index is -4.58. The number of hydrogen-bond donors (Lipinski definition) is 0. The number of hydrogen-bond acceptors (Lipinski definition) is 6. The van der Waals surface area contributed by atoms with Gasteiger partial charge in [-0.05, 0) is 31.2 Å². The van der Waals surface area contributed by atoms with Crippen molar-refractivity contribution in [2.75, 3.05) is 14.2 Å². The minimum Gasteiger partial charge on any atom is -0.494 e. The van der Waals surface area contributed by atoms with Crippen LogP contribution in [-0.2, 0) is 20.4 Å². The molecule has 0 bridgehead atoms. The zero-order valence-electron chi connectivity index (χ0n) is 14.1. The molecule has 0 aliphatic carbocycles. The van der Waals surface area contributed by atoms with Crippen molar-refractivity contribution >= 4 is 22.8 Å². The summed E-state index contributed by atoms with van der Waals surface area (Å²) in [5, 5.41) is 0.369. The Hall–Kier alpha value is -2.84. The second-order valence-electron chi connectivity index (χ2n) is 5.63. The van der Waals surface area contributed by atoms with Gasteiger partial charge in [-0.1, -0.05) is 0 Å². The fraction of sp³-hybridized carbons (Fsp3) is 0.353. The number of fused-ring (bicyclic) bond motifs is 1. The zero-order chi connectivity index (χ0) is 19.1. The largest absolute Gasteiger partial charge is 0.494 e. The van der Waals surface area contributed by atoms with Gasteiger partial charge in [0.15, 0.2) is 6.04 Å². The topological polar surface area (TPSA) is 70.0 Å². The number of aromatic nitrogens is 1. The molecule has 1 aliphatic rings. The van der Waals surface area contributed by atoms with Crippen molar-refractivity contribution in [3.8, 4) is 5.75 Å². The van der Waals surface area contributed by atoms with E-state index in [0.717, 1.165) is 6.07 Å². The molecule has 0 amide bonds. The third-order valence-electron chi connectivity index (χ3n) is 4.00. The Morgan fingerprint density at radius 3 is 2.54 bits per heavy atom. The maximum atomic E-state index is 13.0. The van der Waals surface area contributed by atoms with Crippen LogP contribution in [-0.4, -0.2) is 43.2 Å². The average Bonchev–Trinajstić information content (AvgIpc) is 3.00. The van der Waals surface area contributed by atoms with Crippen molar-refractivity contribution in [3.05, 3.63) is 35.5 Å². The van der Waals surface area contributed by atoms with Crippen LogP contribution in [0.1, 0.15) is 18.2 Å². The summed E-state index contributed by atoms with van der Waals surface area (Å²) in [5.41, 5.74) is -0.587. The van der Waals surface area contributed by atoms with Crippen LogP contribution < -0.4 is 4.74 Å². The maximum Gasteiger partial charge on any atom is 0.433 e. The number of ether oxygens (including phenoxy) is 3. The highest BCUT2D eigenvalue weighted by molar-refractivity contribution is 6.09.